The van der Waals surface area contributed by atoms with Crippen LogP contribution in [-0.4, -0.2) is 19.9 Å². The lowest BCUT2D eigenvalue weighted by atomic mass is 9.72. The minimum Gasteiger partial charge on any atom is -0.491 e. The van der Waals surface area contributed by atoms with E-state index in [2.05, 4.69) is 31.8 Å². The molecule has 1 heterocycles. The smallest absolute Gasteiger partial charge is 0.179 e. The fraction of sp³-hybridized carbons (Fsp3) is 0.478. The molecular weight excluding hydrogens is 404 g/mol. The van der Waals surface area contributed by atoms with E-state index in [1.165, 1.54) is 10.4 Å². The summed E-state index contributed by atoms with van der Waals surface area (Å²) in [6.07, 6.45) is 4.84. The van der Waals surface area contributed by atoms with Crippen LogP contribution >= 0.6 is 22.9 Å². The second-order valence-corrected chi connectivity index (χ2v) is 9.82. The van der Waals surface area contributed by atoms with Crippen molar-refractivity contribution in [2.75, 3.05) is 13.7 Å². The van der Waals surface area contributed by atoms with E-state index in [0.717, 1.165) is 35.4 Å². The van der Waals surface area contributed by atoms with E-state index in [9.17, 15) is 5.26 Å². The Morgan fingerprint density at radius 3 is 2.76 bits per heavy atom. The number of rotatable bonds is 5. The Kier molecular flexibility index (Phi) is 6.55. The number of hydrogen-bond acceptors (Lipinski definition) is 5. The molecule has 0 amide bonds. The van der Waals surface area contributed by atoms with Crippen LogP contribution in [0.5, 0.6) is 11.5 Å². The molecule has 1 aromatic heterocycles. The number of methoxy groups -OCH3 is 1. The van der Waals surface area contributed by atoms with Crippen LogP contribution in [0.1, 0.15) is 55.7 Å². The maximum absolute atomic E-state index is 9.74. The Morgan fingerprint density at radius 2 is 2.14 bits per heavy atom. The van der Waals surface area contributed by atoms with Gasteiger partial charge in [-0.15, -0.1) is 11.3 Å². The predicted molar refractivity (Wildman–Crippen MR) is 120 cm³/mol. The number of fused-ring (bicyclic) bond motifs is 1. The topological polar surface area (TPSA) is 54.6 Å². The predicted octanol–water partition coefficient (Wildman–Crippen LogP) is 6.58. The summed E-state index contributed by atoms with van der Waals surface area (Å²) in [6.45, 7) is 9.31. The molecule has 0 bridgehead atoms. The Balaban J connectivity index is 1.93. The van der Waals surface area contributed by atoms with Gasteiger partial charge in [0, 0.05) is 11.1 Å². The molecule has 6 heteroatoms. The van der Waals surface area contributed by atoms with Crippen molar-refractivity contribution >= 4 is 34.2 Å². The van der Waals surface area contributed by atoms with E-state index >= 15 is 0 Å². The summed E-state index contributed by atoms with van der Waals surface area (Å²) in [5, 5.41) is 11.0. The molecule has 0 spiro atoms. The molecular formula is C23H27ClN2O2S. The minimum absolute atomic E-state index is 0.271. The average Bonchev–Trinajstić information content (AvgIpc) is 3.02. The molecule has 1 atom stereocenters. The molecule has 0 saturated heterocycles. The molecule has 0 radical (unpaired) electrons. The SMILES string of the molecule is CCOc1cc(C=Nc2sc3c(c2C#N)CC[C@H](C(C)(C)C)C3)cc(Cl)c1OC. The van der Waals surface area contributed by atoms with Crippen LogP contribution in [0.15, 0.2) is 17.1 Å². The van der Waals surface area contributed by atoms with E-state index < -0.39 is 0 Å². The van der Waals surface area contributed by atoms with E-state index in [0.29, 0.717) is 29.0 Å². The molecule has 0 saturated carbocycles. The first-order valence-electron chi connectivity index (χ1n) is 9.87. The van der Waals surface area contributed by atoms with Crippen molar-refractivity contribution in [3.8, 4) is 17.6 Å². The first-order chi connectivity index (χ1) is 13.8. The average molecular weight is 431 g/mol. The zero-order chi connectivity index (χ0) is 21.2. The summed E-state index contributed by atoms with van der Waals surface area (Å²) in [5.41, 5.74) is 2.99. The first kappa shape index (κ1) is 21.7. The summed E-state index contributed by atoms with van der Waals surface area (Å²) in [6, 6.07) is 6.03. The quantitative estimate of drug-likeness (QED) is 0.503. The second kappa shape index (κ2) is 8.77. The van der Waals surface area contributed by atoms with Crippen molar-refractivity contribution in [1.82, 2.24) is 0 Å². The lowest BCUT2D eigenvalue weighted by molar-refractivity contribution is 0.218. The van der Waals surface area contributed by atoms with Crippen molar-refractivity contribution in [3.05, 3.63) is 38.7 Å². The fourth-order valence-electron chi connectivity index (χ4n) is 3.77. The molecule has 3 rings (SSSR count). The number of thiophene rings is 1. The van der Waals surface area contributed by atoms with Crippen LogP contribution in [0.3, 0.4) is 0 Å². The van der Waals surface area contributed by atoms with E-state index in [1.807, 2.05) is 13.0 Å². The fourth-order valence-corrected chi connectivity index (χ4v) is 5.29. The van der Waals surface area contributed by atoms with Crippen molar-refractivity contribution < 1.29 is 9.47 Å². The molecule has 4 nitrogen and oxygen atoms in total. The maximum atomic E-state index is 9.74. The molecule has 154 valence electrons. The van der Waals surface area contributed by atoms with Gasteiger partial charge in [-0.2, -0.15) is 5.26 Å². The number of nitriles is 1. The third kappa shape index (κ3) is 4.60. The third-order valence-corrected chi connectivity index (χ3v) is 6.89. The van der Waals surface area contributed by atoms with Crippen molar-refractivity contribution in [2.45, 2.75) is 47.0 Å². The summed E-state index contributed by atoms with van der Waals surface area (Å²) in [5.74, 6) is 1.73. The van der Waals surface area contributed by atoms with Gasteiger partial charge in [-0.3, -0.25) is 0 Å². The highest BCUT2D eigenvalue weighted by molar-refractivity contribution is 7.16. The minimum atomic E-state index is 0.271. The van der Waals surface area contributed by atoms with E-state index in [1.54, 1.807) is 30.7 Å². The Labute approximate surface area is 182 Å². The van der Waals surface area contributed by atoms with Gasteiger partial charge in [-0.25, -0.2) is 4.99 Å². The molecule has 1 aliphatic carbocycles. The molecule has 1 aromatic carbocycles. The Hall–Kier alpha value is -2.03. The lowest BCUT2D eigenvalue weighted by Gasteiger charge is -2.33. The second-order valence-electron chi connectivity index (χ2n) is 8.33. The molecule has 2 aromatic rings. The van der Waals surface area contributed by atoms with Gasteiger partial charge in [0.25, 0.3) is 0 Å². The van der Waals surface area contributed by atoms with Crippen LogP contribution in [-0.2, 0) is 12.8 Å². The molecule has 1 aliphatic rings. The number of halogens is 1. The van der Waals surface area contributed by atoms with Crippen LogP contribution in [0, 0.1) is 22.7 Å². The highest BCUT2D eigenvalue weighted by Gasteiger charge is 2.32. The van der Waals surface area contributed by atoms with Crippen molar-refractivity contribution in [3.63, 3.8) is 0 Å². The standard InChI is InChI=1S/C23H27ClN2O2S/c1-6-28-19-10-14(9-18(24)21(19)27-5)13-26-22-17(12-25)16-8-7-15(23(2,3)4)11-20(16)29-22/h9-10,13,15H,6-8,11H2,1-5H3/t15-/m0/s1. The van der Waals surface area contributed by atoms with Gasteiger partial charge in [-0.1, -0.05) is 32.4 Å². The molecule has 29 heavy (non-hydrogen) atoms. The third-order valence-electron chi connectivity index (χ3n) is 5.45. The highest BCUT2D eigenvalue weighted by atomic mass is 35.5. The maximum Gasteiger partial charge on any atom is 0.179 e. The van der Waals surface area contributed by atoms with Crippen molar-refractivity contribution in [2.24, 2.45) is 16.3 Å². The largest absolute Gasteiger partial charge is 0.491 e. The molecule has 0 fully saturated rings. The summed E-state index contributed by atoms with van der Waals surface area (Å²) < 4.78 is 11.0. The van der Waals surface area contributed by atoms with Gasteiger partial charge < -0.3 is 9.47 Å². The normalized spacial score (nSPS) is 16.5. The summed E-state index contributed by atoms with van der Waals surface area (Å²) in [7, 11) is 1.57. The van der Waals surface area contributed by atoms with E-state index in [-0.39, 0.29) is 5.41 Å². The van der Waals surface area contributed by atoms with Gasteiger partial charge in [0.05, 0.1) is 24.3 Å². The number of hydrogen-bond donors (Lipinski definition) is 0. The van der Waals surface area contributed by atoms with Crippen molar-refractivity contribution in [1.29, 1.82) is 5.26 Å². The van der Waals surface area contributed by atoms with Crippen LogP contribution in [0.4, 0.5) is 5.00 Å². The van der Waals surface area contributed by atoms with Gasteiger partial charge in [0.2, 0.25) is 0 Å². The zero-order valence-electron chi connectivity index (χ0n) is 17.6. The van der Waals surface area contributed by atoms with Crippen LogP contribution in [0.2, 0.25) is 5.02 Å². The van der Waals surface area contributed by atoms with Gasteiger partial charge >= 0.3 is 0 Å². The van der Waals surface area contributed by atoms with E-state index in [4.69, 9.17) is 21.1 Å². The number of nitrogens with zero attached hydrogens (tertiary/aromatic N) is 2. The Morgan fingerprint density at radius 1 is 1.38 bits per heavy atom. The van der Waals surface area contributed by atoms with Gasteiger partial charge in [0.15, 0.2) is 11.5 Å². The van der Waals surface area contributed by atoms with Crippen LogP contribution in [0.25, 0.3) is 0 Å². The first-order valence-corrected chi connectivity index (χ1v) is 11.1. The monoisotopic (exact) mass is 430 g/mol. The Bertz CT molecular complexity index is 967. The zero-order valence-corrected chi connectivity index (χ0v) is 19.2. The number of ether oxygens (including phenoxy) is 2. The molecule has 0 aliphatic heterocycles. The number of aliphatic imine (C=N–C) groups is 1. The number of benzene rings is 1. The molecule has 0 unspecified atom stereocenters. The lowest BCUT2D eigenvalue weighted by Crippen LogP contribution is -2.26. The highest BCUT2D eigenvalue weighted by Crippen LogP contribution is 2.45. The molecule has 0 N–H and O–H groups in total. The van der Waals surface area contributed by atoms with Crippen LogP contribution < -0.4 is 9.47 Å². The van der Waals surface area contributed by atoms with Gasteiger partial charge in [-0.05, 0) is 60.8 Å². The summed E-state index contributed by atoms with van der Waals surface area (Å²) in [4.78, 5) is 5.96. The summed E-state index contributed by atoms with van der Waals surface area (Å²) >= 11 is 7.98. The van der Waals surface area contributed by atoms with Gasteiger partial charge in [0.1, 0.15) is 11.1 Å².